The molecule has 2 rings (SSSR count). The summed E-state index contributed by atoms with van der Waals surface area (Å²) in [6, 6.07) is 13.7. The lowest BCUT2D eigenvalue weighted by Gasteiger charge is -2.10. The van der Waals surface area contributed by atoms with Gasteiger partial charge in [0.2, 0.25) is 0 Å². The second-order valence-corrected chi connectivity index (χ2v) is 4.97. The molecule has 0 aliphatic rings. The molecule has 1 aromatic carbocycles. The highest BCUT2D eigenvalue weighted by atomic mass is 79.9. The van der Waals surface area contributed by atoms with Crippen LogP contribution in [0, 0.1) is 6.92 Å². The fourth-order valence-corrected chi connectivity index (χ4v) is 1.96. The van der Waals surface area contributed by atoms with Gasteiger partial charge in [0.1, 0.15) is 0 Å². The SMILES string of the molecule is Cc1cccc(C(O)Cc2ccc(Br)cc2)n1. The van der Waals surface area contributed by atoms with Crippen molar-refractivity contribution < 1.29 is 5.11 Å². The van der Waals surface area contributed by atoms with Gasteiger partial charge in [0.15, 0.2) is 0 Å². The van der Waals surface area contributed by atoms with Gasteiger partial charge in [-0.15, -0.1) is 0 Å². The van der Waals surface area contributed by atoms with Gasteiger partial charge in [0.25, 0.3) is 0 Å². The molecular weight excluding hydrogens is 278 g/mol. The van der Waals surface area contributed by atoms with E-state index in [-0.39, 0.29) is 0 Å². The van der Waals surface area contributed by atoms with Gasteiger partial charge in [0.05, 0.1) is 11.8 Å². The maximum atomic E-state index is 10.1. The Hall–Kier alpha value is -1.19. The van der Waals surface area contributed by atoms with Crippen LogP contribution < -0.4 is 0 Å². The molecule has 0 aliphatic carbocycles. The van der Waals surface area contributed by atoms with Crippen molar-refractivity contribution in [1.29, 1.82) is 0 Å². The van der Waals surface area contributed by atoms with Crippen molar-refractivity contribution in [3.63, 3.8) is 0 Å². The summed E-state index contributed by atoms with van der Waals surface area (Å²) >= 11 is 3.39. The molecule has 2 nitrogen and oxygen atoms in total. The summed E-state index contributed by atoms with van der Waals surface area (Å²) in [5, 5.41) is 10.1. The van der Waals surface area contributed by atoms with Gasteiger partial charge in [-0.25, -0.2) is 0 Å². The quantitative estimate of drug-likeness (QED) is 0.940. The molecule has 17 heavy (non-hydrogen) atoms. The number of aliphatic hydroxyl groups is 1. The van der Waals surface area contributed by atoms with E-state index >= 15 is 0 Å². The first-order valence-electron chi connectivity index (χ1n) is 5.51. The molecule has 1 N–H and O–H groups in total. The van der Waals surface area contributed by atoms with E-state index in [4.69, 9.17) is 0 Å². The minimum absolute atomic E-state index is 0.545. The van der Waals surface area contributed by atoms with Gasteiger partial charge in [-0.2, -0.15) is 0 Å². The van der Waals surface area contributed by atoms with Crippen molar-refractivity contribution in [2.45, 2.75) is 19.4 Å². The monoisotopic (exact) mass is 291 g/mol. The Morgan fingerprint density at radius 1 is 1.18 bits per heavy atom. The zero-order chi connectivity index (χ0) is 12.3. The van der Waals surface area contributed by atoms with Gasteiger partial charge in [0, 0.05) is 16.6 Å². The van der Waals surface area contributed by atoms with Gasteiger partial charge in [-0.1, -0.05) is 34.1 Å². The number of hydrogen-bond donors (Lipinski definition) is 1. The Kier molecular flexibility index (Phi) is 3.92. The summed E-state index contributed by atoms with van der Waals surface area (Å²) in [7, 11) is 0. The maximum absolute atomic E-state index is 10.1. The van der Waals surface area contributed by atoms with Crippen LogP contribution in [0.4, 0.5) is 0 Å². The highest BCUT2D eigenvalue weighted by Crippen LogP contribution is 2.18. The van der Waals surface area contributed by atoms with Crippen LogP contribution >= 0.6 is 15.9 Å². The standard InChI is InChI=1S/C14H14BrNO/c1-10-3-2-4-13(16-10)14(17)9-11-5-7-12(15)8-6-11/h2-8,14,17H,9H2,1H3. The number of hydrogen-bond acceptors (Lipinski definition) is 2. The lowest BCUT2D eigenvalue weighted by Crippen LogP contribution is -2.04. The Labute approximate surface area is 109 Å². The zero-order valence-electron chi connectivity index (χ0n) is 9.60. The number of aromatic nitrogens is 1. The Morgan fingerprint density at radius 3 is 2.53 bits per heavy atom. The fourth-order valence-electron chi connectivity index (χ4n) is 1.70. The molecular formula is C14H14BrNO. The van der Waals surface area contributed by atoms with Gasteiger partial charge in [-0.05, 0) is 36.8 Å². The predicted octanol–water partition coefficient (Wildman–Crippen LogP) is 3.43. The molecule has 1 unspecified atom stereocenters. The molecule has 2 aromatic rings. The smallest absolute Gasteiger partial charge is 0.1000 e. The van der Waals surface area contributed by atoms with Crippen LogP contribution in [0.2, 0.25) is 0 Å². The van der Waals surface area contributed by atoms with E-state index in [1.807, 2.05) is 49.4 Å². The van der Waals surface area contributed by atoms with E-state index in [0.717, 1.165) is 21.4 Å². The number of rotatable bonds is 3. The molecule has 0 amide bonds. The Balaban J connectivity index is 2.11. The molecule has 1 aromatic heterocycles. The molecule has 0 spiro atoms. The number of halogens is 1. The molecule has 0 radical (unpaired) electrons. The van der Waals surface area contributed by atoms with Crippen LogP contribution in [0.25, 0.3) is 0 Å². The summed E-state index contributed by atoms with van der Waals surface area (Å²) in [6.45, 7) is 1.93. The average molecular weight is 292 g/mol. The average Bonchev–Trinajstić information content (AvgIpc) is 2.32. The summed E-state index contributed by atoms with van der Waals surface area (Å²) < 4.78 is 1.05. The predicted molar refractivity (Wildman–Crippen MR) is 71.8 cm³/mol. The first-order chi connectivity index (χ1) is 8.15. The number of aliphatic hydroxyl groups excluding tert-OH is 1. The Morgan fingerprint density at radius 2 is 1.88 bits per heavy atom. The highest BCUT2D eigenvalue weighted by Gasteiger charge is 2.09. The summed E-state index contributed by atoms with van der Waals surface area (Å²) in [5.41, 5.74) is 2.76. The second-order valence-electron chi connectivity index (χ2n) is 4.05. The van der Waals surface area contributed by atoms with Gasteiger partial charge >= 0.3 is 0 Å². The molecule has 0 aliphatic heterocycles. The molecule has 0 fully saturated rings. The summed E-state index contributed by atoms with van der Waals surface area (Å²) in [6.07, 6.45) is 0.0417. The molecule has 88 valence electrons. The molecule has 1 atom stereocenters. The molecule has 3 heteroatoms. The van der Waals surface area contributed by atoms with E-state index in [1.54, 1.807) is 0 Å². The number of benzene rings is 1. The zero-order valence-corrected chi connectivity index (χ0v) is 11.2. The topological polar surface area (TPSA) is 33.1 Å². The largest absolute Gasteiger partial charge is 0.386 e. The maximum Gasteiger partial charge on any atom is 0.1000 e. The Bertz CT molecular complexity index is 496. The third-order valence-electron chi connectivity index (χ3n) is 2.59. The van der Waals surface area contributed by atoms with Crippen molar-refractivity contribution in [1.82, 2.24) is 4.98 Å². The number of nitrogens with zero attached hydrogens (tertiary/aromatic N) is 1. The minimum atomic E-state index is -0.545. The first-order valence-corrected chi connectivity index (χ1v) is 6.30. The minimum Gasteiger partial charge on any atom is -0.386 e. The normalized spacial score (nSPS) is 12.4. The van der Waals surface area contributed by atoms with Crippen molar-refractivity contribution >= 4 is 15.9 Å². The van der Waals surface area contributed by atoms with Crippen molar-refractivity contribution in [2.75, 3.05) is 0 Å². The van der Waals surface area contributed by atoms with E-state index in [0.29, 0.717) is 6.42 Å². The number of pyridine rings is 1. The molecule has 0 saturated heterocycles. The van der Waals surface area contributed by atoms with Crippen LogP contribution in [0.5, 0.6) is 0 Å². The van der Waals surface area contributed by atoms with E-state index < -0.39 is 6.10 Å². The van der Waals surface area contributed by atoms with Crippen LogP contribution in [0.1, 0.15) is 23.1 Å². The third-order valence-corrected chi connectivity index (χ3v) is 3.12. The van der Waals surface area contributed by atoms with Crippen LogP contribution in [-0.2, 0) is 6.42 Å². The van der Waals surface area contributed by atoms with Crippen LogP contribution in [-0.4, -0.2) is 10.1 Å². The van der Waals surface area contributed by atoms with Crippen LogP contribution in [0.15, 0.2) is 46.9 Å². The van der Waals surface area contributed by atoms with Gasteiger partial charge < -0.3 is 5.11 Å². The van der Waals surface area contributed by atoms with Crippen molar-refractivity contribution in [3.05, 3.63) is 63.9 Å². The highest BCUT2D eigenvalue weighted by molar-refractivity contribution is 9.10. The number of aryl methyl sites for hydroxylation is 1. The van der Waals surface area contributed by atoms with Crippen molar-refractivity contribution in [2.24, 2.45) is 0 Å². The first kappa shape index (κ1) is 12.3. The van der Waals surface area contributed by atoms with E-state index in [9.17, 15) is 5.11 Å². The summed E-state index contributed by atoms with van der Waals surface area (Å²) in [5.74, 6) is 0. The van der Waals surface area contributed by atoms with Crippen LogP contribution in [0.3, 0.4) is 0 Å². The second kappa shape index (κ2) is 5.43. The fraction of sp³-hybridized carbons (Fsp3) is 0.214. The third kappa shape index (κ3) is 3.38. The lowest BCUT2D eigenvalue weighted by molar-refractivity contribution is 0.173. The van der Waals surface area contributed by atoms with E-state index in [2.05, 4.69) is 20.9 Å². The molecule has 0 saturated carbocycles. The molecule has 1 heterocycles. The molecule has 0 bridgehead atoms. The van der Waals surface area contributed by atoms with E-state index in [1.165, 1.54) is 0 Å². The van der Waals surface area contributed by atoms with Gasteiger partial charge in [-0.3, -0.25) is 4.98 Å². The van der Waals surface area contributed by atoms with Crippen molar-refractivity contribution in [3.8, 4) is 0 Å². The lowest BCUT2D eigenvalue weighted by atomic mass is 10.1. The summed E-state index contributed by atoms with van der Waals surface area (Å²) in [4.78, 5) is 4.33.